The van der Waals surface area contributed by atoms with Crippen molar-refractivity contribution in [3.05, 3.63) is 24.3 Å². The van der Waals surface area contributed by atoms with Crippen molar-refractivity contribution in [1.29, 1.82) is 0 Å². The van der Waals surface area contributed by atoms with E-state index in [2.05, 4.69) is 19.9 Å². The first-order valence-electron chi connectivity index (χ1n) is 11.9. The minimum absolute atomic E-state index is 0.0812. The predicted octanol–water partition coefficient (Wildman–Crippen LogP) is 5.01. The normalized spacial score (nSPS) is 23.7. The first kappa shape index (κ1) is 27.9. The lowest BCUT2D eigenvalue weighted by Crippen LogP contribution is -2.19. The van der Waals surface area contributed by atoms with Crippen LogP contribution in [0.3, 0.4) is 0 Å². The molecule has 1 aliphatic carbocycles. The molecular formula is C25H42O5S. The van der Waals surface area contributed by atoms with Gasteiger partial charge in [0, 0.05) is 29.8 Å². The summed E-state index contributed by atoms with van der Waals surface area (Å²) in [6.07, 6.45) is 15.6. The number of carbonyl (C=O) groups is 2. The molecule has 5 atom stereocenters. The summed E-state index contributed by atoms with van der Waals surface area (Å²) in [7, 11) is 0. The third kappa shape index (κ3) is 11.4. The fraction of sp³-hybridized carbons (Fsp3) is 0.760. The second-order valence-electron chi connectivity index (χ2n) is 8.68. The van der Waals surface area contributed by atoms with Gasteiger partial charge in [-0.3, -0.25) is 9.59 Å². The number of thioether (sulfide) groups is 1. The largest absolute Gasteiger partial charge is 0.481 e. The van der Waals surface area contributed by atoms with E-state index in [1.807, 2.05) is 18.2 Å². The van der Waals surface area contributed by atoms with E-state index in [9.17, 15) is 19.8 Å². The Labute approximate surface area is 192 Å². The molecule has 0 amide bonds. The highest BCUT2D eigenvalue weighted by Gasteiger charge is 2.40. The van der Waals surface area contributed by atoms with E-state index in [0.29, 0.717) is 37.9 Å². The van der Waals surface area contributed by atoms with Crippen LogP contribution in [0.15, 0.2) is 24.3 Å². The average Bonchev–Trinajstić information content (AvgIpc) is 3.03. The monoisotopic (exact) mass is 454 g/mol. The summed E-state index contributed by atoms with van der Waals surface area (Å²) in [5, 5.41) is 28.5. The van der Waals surface area contributed by atoms with Gasteiger partial charge >= 0.3 is 5.97 Å². The van der Waals surface area contributed by atoms with Crippen LogP contribution in [0.25, 0.3) is 0 Å². The van der Waals surface area contributed by atoms with Crippen LogP contribution in [0.5, 0.6) is 0 Å². The lowest BCUT2D eigenvalue weighted by atomic mass is 9.90. The highest BCUT2D eigenvalue weighted by molar-refractivity contribution is 8.00. The average molecular weight is 455 g/mol. The molecule has 1 aliphatic rings. The molecule has 31 heavy (non-hydrogen) atoms. The van der Waals surface area contributed by atoms with E-state index in [1.54, 1.807) is 11.8 Å². The molecule has 6 heteroatoms. The predicted molar refractivity (Wildman–Crippen MR) is 128 cm³/mol. The van der Waals surface area contributed by atoms with Crippen LogP contribution >= 0.6 is 11.8 Å². The Kier molecular flexibility index (Phi) is 14.9. The molecule has 3 N–H and O–H groups in total. The number of Topliss-reactive ketones (excluding diaryl/α,β-unsaturated/α-hetero) is 1. The fourth-order valence-electron chi connectivity index (χ4n) is 4.13. The second-order valence-corrected chi connectivity index (χ2v) is 10.0. The number of hydrogen-bond acceptors (Lipinski definition) is 5. The van der Waals surface area contributed by atoms with E-state index in [-0.39, 0.29) is 47.9 Å². The number of unbranched alkanes of at least 4 members (excludes halogenated alkanes) is 3. The van der Waals surface area contributed by atoms with Gasteiger partial charge in [-0.25, -0.2) is 0 Å². The van der Waals surface area contributed by atoms with Gasteiger partial charge in [0.1, 0.15) is 5.78 Å². The standard InChI is InChI=1S/C25H42O5S/c1-3-4-7-11-19(2)22(27)14-10-13-21-20(12-8-5-6-9-15-25(29)30)23(28)18-24(21)31-17-16-26/h5,8,10,13,19-22,24,26-27H,3-4,6-7,9,11-12,14-18H2,1-2H3,(H,29,30)/t19?,20-,21-,22?,24-/m1/s1. The number of ketones is 1. The van der Waals surface area contributed by atoms with E-state index < -0.39 is 5.97 Å². The molecule has 0 aromatic rings. The van der Waals surface area contributed by atoms with Crippen LogP contribution < -0.4 is 0 Å². The lowest BCUT2D eigenvalue weighted by Gasteiger charge is -2.21. The Morgan fingerprint density at radius 3 is 2.68 bits per heavy atom. The second kappa shape index (κ2) is 16.5. The van der Waals surface area contributed by atoms with E-state index in [4.69, 9.17) is 5.11 Å². The zero-order chi connectivity index (χ0) is 23.1. The van der Waals surface area contributed by atoms with Crippen molar-refractivity contribution in [2.24, 2.45) is 17.8 Å². The highest BCUT2D eigenvalue weighted by atomic mass is 32.2. The Morgan fingerprint density at radius 2 is 2.00 bits per heavy atom. The van der Waals surface area contributed by atoms with Gasteiger partial charge < -0.3 is 15.3 Å². The van der Waals surface area contributed by atoms with Gasteiger partial charge in [0.15, 0.2) is 0 Å². The number of aliphatic carboxylic acids is 1. The third-order valence-electron chi connectivity index (χ3n) is 6.11. The molecule has 5 nitrogen and oxygen atoms in total. The maximum Gasteiger partial charge on any atom is 0.303 e. The molecule has 1 saturated carbocycles. The summed E-state index contributed by atoms with van der Waals surface area (Å²) in [6.45, 7) is 4.39. The maximum absolute atomic E-state index is 12.6. The van der Waals surface area contributed by atoms with Gasteiger partial charge in [-0.15, -0.1) is 0 Å². The number of aliphatic hydroxyl groups is 2. The molecule has 1 rings (SSSR count). The van der Waals surface area contributed by atoms with Crippen LogP contribution in [0.2, 0.25) is 0 Å². The van der Waals surface area contributed by atoms with Crippen LogP contribution in [-0.4, -0.2) is 50.8 Å². The van der Waals surface area contributed by atoms with Gasteiger partial charge in [0.2, 0.25) is 0 Å². The van der Waals surface area contributed by atoms with Crippen molar-refractivity contribution in [3.63, 3.8) is 0 Å². The van der Waals surface area contributed by atoms with Crippen molar-refractivity contribution in [2.45, 2.75) is 89.4 Å². The minimum Gasteiger partial charge on any atom is -0.481 e. The summed E-state index contributed by atoms with van der Waals surface area (Å²) in [5.74, 6) is 0.393. The molecule has 0 aromatic heterocycles. The number of rotatable bonds is 17. The van der Waals surface area contributed by atoms with Gasteiger partial charge in [0.05, 0.1) is 12.7 Å². The highest BCUT2D eigenvalue weighted by Crippen LogP contribution is 2.40. The molecule has 0 radical (unpaired) electrons. The van der Waals surface area contributed by atoms with E-state index in [1.165, 1.54) is 12.8 Å². The van der Waals surface area contributed by atoms with Crippen LogP contribution in [0.1, 0.15) is 78.1 Å². The lowest BCUT2D eigenvalue weighted by molar-refractivity contribution is -0.137. The van der Waals surface area contributed by atoms with Gasteiger partial charge in [-0.2, -0.15) is 11.8 Å². The molecule has 178 valence electrons. The molecule has 0 aromatic carbocycles. The molecule has 0 bridgehead atoms. The number of hydrogen-bond donors (Lipinski definition) is 3. The zero-order valence-corrected chi connectivity index (χ0v) is 20.1. The van der Waals surface area contributed by atoms with Crippen LogP contribution in [0.4, 0.5) is 0 Å². The van der Waals surface area contributed by atoms with Gasteiger partial charge in [0.25, 0.3) is 0 Å². The Balaban J connectivity index is 2.64. The number of carboxylic acid groups (broad SMARTS) is 1. The molecule has 0 spiro atoms. The summed E-state index contributed by atoms with van der Waals surface area (Å²) in [6, 6.07) is 0. The van der Waals surface area contributed by atoms with Gasteiger partial charge in [-0.1, -0.05) is 57.4 Å². The first-order valence-corrected chi connectivity index (χ1v) is 12.9. The van der Waals surface area contributed by atoms with Crippen LogP contribution in [-0.2, 0) is 9.59 Å². The number of allylic oxidation sites excluding steroid dienone is 3. The quantitative estimate of drug-likeness (QED) is 0.211. The number of aliphatic hydroxyl groups excluding tert-OH is 2. The molecule has 2 unspecified atom stereocenters. The smallest absolute Gasteiger partial charge is 0.303 e. The van der Waals surface area contributed by atoms with E-state index in [0.717, 1.165) is 12.8 Å². The van der Waals surface area contributed by atoms with Crippen molar-refractivity contribution in [1.82, 2.24) is 0 Å². The molecule has 0 heterocycles. The number of carbonyl (C=O) groups excluding carboxylic acids is 1. The topological polar surface area (TPSA) is 94.8 Å². The maximum atomic E-state index is 12.6. The SMILES string of the molecule is CCCCCC(C)C(O)CC=C[C@H]1[C@H](SCCO)CC(=O)[C@@H]1CC=CCCCC(=O)O. The summed E-state index contributed by atoms with van der Waals surface area (Å²) >= 11 is 1.65. The van der Waals surface area contributed by atoms with Crippen LogP contribution in [0, 0.1) is 17.8 Å². The third-order valence-corrected chi connectivity index (χ3v) is 7.43. The van der Waals surface area contributed by atoms with Crippen molar-refractivity contribution in [2.75, 3.05) is 12.4 Å². The molecule has 0 saturated heterocycles. The fourth-order valence-corrected chi connectivity index (χ4v) is 5.32. The summed E-state index contributed by atoms with van der Waals surface area (Å²) in [5.41, 5.74) is 0. The summed E-state index contributed by atoms with van der Waals surface area (Å²) in [4.78, 5) is 23.2. The Hall–Kier alpha value is -1.11. The summed E-state index contributed by atoms with van der Waals surface area (Å²) < 4.78 is 0. The van der Waals surface area contributed by atoms with E-state index >= 15 is 0 Å². The van der Waals surface area contributed by atoms with Crippen molar-refractivity contribution in [3.8, 4) is 0 Å². The minimum atomic E-state index is -0.782. The number of carboxylic acids is 1. The molecule has 1 fully saturated rings. The van der Waals surface area contributed by atoms with Crippen molar-refractivity contribution < 1.29 is 24.9 Å². The molecular weight excluding hydrogens is 412 g/mol. The zero-order valence-electron chi connectivity index (χ0n) is 19.2. The Morgan fingerprint density at radius 1 is 1.23 bits per heavy atom. The Bertz CT molecular complexity index is 574. The molecule has 0 aliphatic heterocycles. The van der Waals surface area contributed by atoms with Crippen molar-refractivity contribution >= 4 is 23.5 Å². The van der Waals surface area contributed by atoms with Gasteiger partial charge in [-0.05, 0) is 43.9 Å². The first-order chi connectivity index (χ1) is 14.9.